The van der Waals surface area contributed by atoms with Gasteiger partial charge in [0.15, 0.2) is 12.1 Å². The van der Waals surface area contributed by atoms with Crippen molar-refractivity contribution in [3.05, 3.63) is 29.6 Å². The molecule has 0 atom stereocenters. The van der Waals surface area contributed by atoms with E-state index in [2.05, 4.69) is 15.5 Å². The van der Waals surface area contributed by atoms with E-state index in [4.69, 9.17) is 4.74 Å². The maximum absolute atomic E-state index is 11.0. The predicted molar refractivity (Wildman–Crippen MR) is 63.1 cm³/mol. The van der Waals surface area contributed by atoms with Crippen molar-refractivity contribution in [2.24, 2.45) is 0 Å². The fourth-order valence-electron chi connectivity index (χ4n) is 1.92. The fourth-order valence-corrected chi connectivity index (χ4v) is 1.92. The number of carbonyl (C=O) groups excluding carboxylic acids is 1. The minimum absolute atomic E-state index is 0.446. The van der Waals surface area contributed by atoms with Crippen LogP contribution >= 0.6 is 0 Å². The standard InChI is InChI=1S/C12H12N4O2/c1-18-11-5-4-10(6-9(11)7-17)16-12(8-2-3-8)13-14-15-16/h4-8H,2-3H2,1H3. The van der Waals surface area contributed by atoms with E-state index in [0.717, 1.165) is 30.6 Å². The van der Waals surface area contributed by atoms with E-state index < -0.39 is 0 Å². The molecule has 0 unspecified atom stereocenters. The zero-order valence-corrected chi connectivity index (χ0v) is 9.91. The Hall–Kier alpha value is -2.24. The number of aromatic nitrogens is 4. The fraction of sp³-hybridized carbons (Fsp3) is 0.333. The van der Waals surface area contributed by atoms with E-state index in [-0.39, 0.29) is 0 Å². The number of rotatable bonds is 4. The number of nitrogens with zero attached hydrogens (tertiary/aromatic N) is 4. The Labute approximate surface area is 104 Å². The van der Waals surface area contributed by atoms with E-state index in [1.54, 1.807) is 16.8 Å². The first kappa shape index (κ1) is 10.9. The maximum atomic E-state index is 11.0. The van der Waals surface area contributed by atoms with E-state index in [1.165, 1.54) is 7.11 Å². The number of carbonyl (C=O) groups is 1. The molecule has 1 aromatic heterocycles. The third kappa shape index (κ3) is 1.75. The summed E-state index contributed by atoms with van der Waals surface area (Å²) >= 11 is 0. The third-order valence-corrected chi connectivity index (χ3v) is 3.02. The van der Waals surface area contributed by atoms with Gasteiger partial charge in [0.25, 0.3) is 0 Å². The molecule has 2 aromatic rings. The molecule has 0 amide bonds. The maximum Gasteiger partial charge on any atom is 0.159 e. The first-order chi connectivity index (χ1) is 8.83. The minimum atomic E-state index is 0.446. The van der Waals surface area contributed by atoms with Crippen LogP contribution < -0.4 is 4.74 Å². The summed E-state index contributed by atoms with van der Waals surface area (Å²) in [4.78, 5) is 11.0. The van der Waals surface area contributed by atoms with Crippen LogP contribution in [0.25, 0.3) is 5.69 Å². The molecule has 1 aliphatic carbocycles. The van der Waals surface area contributed by atoms with Crippen molar-refractivity contribution >= 4 is 6.29 Å². The van der Waals surface area contributed by atoms with E-state index >= 15 is 0 Å². The Bertz CT molecular complexity index is 590. The van der Waals surface area contributed by atoms with Crippen molar-refractivity contribution in [2.45, 2.75) is 18.8 Å². The highest BCUT2D eigenvalue weighted by Gasteiger charge is 2.30. The predicted octanol–water partition coefficient (Wildman–Crippen LogP) is 1.36. The lowest BCUT2D eigenvalue weighted by Crippen LogP contribution is -2.03. The molecule has 1 aromatic carbocycles. The number of tetrazole rings is 1. The molecule has 0 spiro atoms. The smallest absolute Gasteiger partial charge is 0.159 e. The molecule has 0 N–H and O–H groups in total. The van der Waals surface area contributed by atoms with Gasteiger partial charge in [0, 0.05) is 5.92 Å². The Balaban J connectivity index is 2.05. The second-order valence-corrected chi connectivity index (χ2v) is 4.27. The van der Waals surface area contributed by atoms with E-state index in [0.29, 0.717) is 17.2 Å². The van der Waals surface area contributed by atoms with Crippen LogP contribution in [0, 0.1) is 0 Å². The Kier molecular flexibility index (Phi) is 2.55. The minimum Gasteiger partial charge on any atom is -0.496 e. The van der Waals surface area contributed by atoms with Gasteiger partial charge in [0.2, 0.25) is 0 Å². The highest BCUT2D eigenvalue weighted by Crippen LogP contribution is 2.39. The SMILES string of the molecule is COc1ccc(-n2nnnc2C2CC2)cc1C=O. The van der Waals surface area contributed by atoms with E-state index in [9.17, 15) is 4.79 Å². The van der Waals surface area contributed by atoms with Gasteiger partial charge in [-0.1, -0.05) is 0 Å². The molecule has 1 saturated carbocycles. The van der Waals surface area contributed by atoms with Crippen LogP contribution in [0.15, 0.2) is 18.2 Å². The summed E-state index contributed by atoms with van der Waals surface area (Å²) in [5.41, 5.74) is 1.28. The molecular formula is C12H12N4O2. The molecule has 18 heavy (non-hydrogen) atoms. The third-order valence-electron chi connectivity index (χ3n) is 3.02. The Morgan fingerprint density at radius 1 is 1.44 bits per heavy atom. The van der Waals surface area contributed by atoms with Gasteiger partial charge in [-0.05, 0) is 41.5 Å². The second kappa shape index (κ2) is 4.21. The van der Waals surface area contributed by atoms with Crippen molar-refractivity contribution in [3.63, 3.8) is 0 Å². The van der Waals surface area contributed by atoms with Gasteiger partial charge in [-0.3, -0.25) is 4.79 Å². The summed E-state index contributed by atoms with van der Waals surface area (Å²) in [6, 6.07) is 5.32. The summed E-state index contributed by atoms with van der Waals surface area (Å²) in [5.74, 6) is 1.86. The van der Waals surface area contributed by atoms with Crippen molar-refractivity contribution in [1.82, 2.24) is 20.2 Å². The topological polar surface area (TPSA) is 69.9 Å². The van der Waals surface area contributed by atoms with Crippen molar-refractivity contribution in [1.29, 1.82) is 0 Å². The van der Waals surface area contributed by atoms with Crippen molar-refractivity contribution in [2.75, 3.05) is 7.11 Å². The Morgan fingerprint density at radius 3 is 2.94 bits per heavy atom. The van der Waals surface area contributed by atoms with Gasteiger partial charge in [0.1, 0.15) is 5.75 Å². The van der Waals surface area contributed by atoms with Crippen LogP contribution in [0.2, 0.25) is 0 Å². The van der Waals surface area contributed by atoms with Gasteiger partial charge in [0.05, 0.1) is 18.4 Å². The molecule has 1 heterocycles. The summed E-state index contributed by atoms with van der Waals surface area (Å²) in [7, 11) is 1.54. The van der Waals surface area contributed by atoms with Gasteiger partial charge in [-0.25, -0.2) is 0 Å². The average Bonchev–Trinajstić information content (AvgIpc) is 3.15. The molecule has 6 heteroatoms. The lowest BCUT2D eigenvalue weighted by atomic mass is 10.2. The number of aldehydes is 1. The molecule has 1 fully saturated rings. The van der Waals surface area contributed by atoms with Crippen molar-refractivity contribution in [3.8, 4) is 11.4 Å². The summed E-state index contributed by atoms with van der Waals surface area (Å²) in [6.07, 6.45) is 3.01. The zero-order valence-electron chi connectivity index (χ0n) is 9.91. The average molecular weight is 244 g/mol. The normalized spacial score (nSPS) is 14.5. The first-order valence-electron chi connectivity index (χ1n) is 5.75. The van der Waals surface area contributed by atoms with Gasteiger partial charge in [-0.2, -0.15) is 4.68 Å². The molecule has 1 aliphatic rings. The summed E-state index contributed by atoms with van der Waals surface area (Å²) < 4.78 is 6.79. The van der Waals surface area contributed by atoms with Crippen LogP contribution in [0.1, 0.15) is 34.9 Å². The lowest BCUT2D eigenvalue weighted by molar-refractivity contribution is 0.112. The highest BCUT2D eigenvalue weighted by molar-refractivity contribution is 5.80. The second-order valence-electron chi connectivity index (χ2n) is 4.27. The van der Waals surface area contributed by atoms with E-state index in [1.807, 2.05) is 6.07 Å². The summed E-state index contributed by atoms with van der Waals surface area (Å²) in [6.45, 7) is 0. The monoisotopic (exact) mass is 244 g/mol. The molecule has 3 rings (SSSR count). The summed E-state index contributed by atoms with van der Waals surface area (Å²) in [5, 5.41) is 11.7. The van der Waals surface area contributed by atoms with Crippen LogP contribution in [0.3, 0.4) is 0 Å². The molecule has 0 bridgehead atoms. The molecule has 6 nitrogen and oxygen atoms in total. The number of ether oxygens (including phenoxy) is 1. The van der Waals surface area contributed by atoms with Crippen LogP contribution in [-0.2, 0) is 0 Å². The zero-order chi connectivity index (χ0) is 12.5. The molecular weight excluding hydrogens is 232 g/mol. The van der Waals surface area contributed by atoms with Crippen molar-refractivity contribution < 1.29 is 9.53 Å². The van der Waals surface area contributed by atoms with Crippen LogP contribution in [-0.4, -0.2) is 33.6 Å². The van der Waals surface area contributed by atoms with Gasteiger partial charge >= 0.3 is 0 Å². The number of benzene rings is 1. The molecule has 92 valence electrons. The van der Waals surface area contributed by atoms with Gasteiger partial charge < -0.3 is 4.74 Å². The van der Waals surface area contributed by atoms with Gasteiger partial charge in [-0.15, -0.1) is 5.10 Å². The quantitative estimate of drug-likeness (QED) is 0.759. The molecule has 0 saturated heterocycles. The number of methoxy groups -OCH3 is 1. The molecule has 0 radical (unpaired) electrons. The Morgan fingerprint density at radius 2 is 2.28 bits per heavy atom. The number of hydrogen-bond donors (Lipinski definition) is 0. The first-order valence-corrected chi connectivity index (χ1v) is 5.75. The largest absolute Gasteiger partial charge is 0.496 e. The molecule has 0 aliphatic heterocycles. The number of hydrogen-bond acceptors (Lipinski definition) is 5. The lowest BCUT2D eigenvalue weighted by Gasteiger charge is -2.07. The van der Waals surface area contributed by atoms with Crippen LogP contribution in [0.5, 0.6) is 5.75 Å². The van der Waals surface area contributed by atoms with Crippen LogP contribution in [0.4, 0.5) is 0 Å². The highest BCUT2D eigenvalue weighted by atomic mass is 16.5.